The molecule has 0 aromatic heterocycles. The predicted molar refractivity (Wildman–Crippen MR) is 123 cm³/mol. The minimum absolute atomic E-state index is 0.00219. The molecule has 0 amide bonds. The summed E-state index contributed by atoms with van der Waals surface area (Å²) in [5.74, 6) is -1.57. The average Bonchev–Trinajstić information content (AvgIpc) is 3.03. The van der Waals surface area contributed by atoms with E-state index in [1.54, 1.807) is 0 Å². The maximum atomic E-state index is 13.9. The highest BCUT2D eigenvalue weighted by Gasteiger charge is 2.70. The van der Waals surface area contributed by atoms with Crippen LogP contribution in [-0.4, -0.2) is 41.7 Å². The van der Waals surface area contributed by atoms with Crippen molar-refractivity contribution in [2.45, 2.75) is 78.7 Å². The number of esters is 3. The Morgan fingerprint density at radius 1 is 1.03 bits per heavy atom. The summed E-state index contributed by atoms with van der Waals surface area (Å²) in [6, 6.07) is 0. The van der Waals surface area contributed by atoms with Gasteiger partial charge in [-0.05, 0) is 49.2 Å². The van der Waals surface area contributed by atoms with Crippen molar-refractivity contribution in [3.63, 3.8) is 0 Å². The van der Waals surface area contributed by atoms with Crippen molar-refractivity contribution in [2.75, 3.05) is 6.61 Å². The van der Waals surface area contributed by atoms with E-state index in [1.165, 1.54) is 20.8 Å². The molecule has 0 aliphatic heterocycles. The lowest BCUT2D eigenvalue weighted by atomic mass is 9.47. The molecule has 0 bridgehead atoms. The molecule has 0 aromatic rings. The number of hydrogen-bond acceptors (Lipinski definition) is 8. The molecule has 0 N–H and O–H groups in total. The Morgan fingerprint density at radius 2 is 1.74 bits per heavy atom. The second-order valence-electron chi connectivity index (χ2n) is 11.0. The Balaban J connectivity index is 1.71. The van der Waals surface area contributed by atoms with Crippen LogP contribution in [-0.2, 0) is 38.2 Å². The topological polar surface area (TPSA) is 113 Å². The number of allylic oxidation sites excluding steroid dienone is 4. The van der Waals surface area contributed by atoms with Crippen LogP contribution >= 0.6 is 0 Å². The zero-order chi connectivity index (χ0) is 25.8. The van der Waals surface area contributed by atoms with Crippen LogP contribution in [0.2, 0.25) is 0 Å². The highest BCUT2D eigenvalue weighted by Crippen LogP contribution is 2.67. The van der Waals surface area contributed by atoms with Gasteiger partial charge in [-0.2, -0.15) is 0 Å². The van der Waals surface area contributed by atoms with Crippen LogP contribution < -0.4 is 0 Å². The molecule has 35 heavy (non-hydrogen) atoms. The van der Waals surface area contributed by atoms with Gasteiger partial charge in [-0.1, -0.05) is 19.9 Å². The summed E-state index contributed by atoms with van der Waals surface area (Å²) < 4.78 is 16.1. The van der Waals surface area contributed by atoms with Crippen molar-refractivity contribution in [1.82, 2.24) is 0 Å². The third-order valence-corrected chi connectivity index (χ3v) is 8.99. The van der Waals surface area contributed by atoms with Gasteiger partial charge in [0.1, 0.15) is 11.5 Å². The summed E-state index contributed by atoms with van der Waals surface area (Å²) in [6.45, 7) is 7.36. The second-order valence-corrected chi connectivity index (χ2v) is 11.0. The van der Waals surface area contributed by atoms with Crippen LogP contribution in [0.15, 0.2) is 23.5 Å². The predicted octanol–water partition coefficient (Wildman–Crippen LogP) is 3.62. The molecule has 8 nitrogen and oxygen atoms in total. The van der Waals surface area contributed by atoms with Gasteiger partial charge in [0.25, 0.3) is 0 Å². The number of Topliss-reactive ketones (excluding diaryl/α,β-unsaturated/α-hetero) is 2. The van der Waals surface area contributed by atoms with Crippen LogP contribution in [0.25, 0.3) is 0 Å². The highest BCUT2D eigenvalue weighted by molar-refractivity contribution is 5.95. The normalized spacial score (nSPS) is 37.6. The standard InChI is InChI=1S/C27H34O8/c1-15(28)33-14-23(32)27(35-17(3)30)11-9-21-20-7-6-18-12-19(34-16(2)29)8-10-25(18,4)24(20)22(31)13-26(21,27)5/h6,12,20-21,24H,7-11,13-14H2,1-5H3/t20?,21?,24?,25-,26-,27-/m0/s1. The number of carbonyl (C=O) groups is 5. The lowest BCUT2D eigenvalue weighted by Gasteiger charge is -2.57. The van der Waals surface area contributed by atoms with E-state index in [2.05, 4.69) is 13.0 Å². The number of ether oxygens (including phenoxy) is 3. The first kappa shape index (κ1) is 25.3. The zero-order valence-electron chi connectivity index (χ0n) is 21.1. The molecule has 4 aliphatic rings. The molecule has 0 spiro atoms. The fraction of sp³-hybridized carbons (Fsp3) is 0.667. The molecule has 2 fully saturated rings. The van der Waals surface area contributed by atoms with E-state index in [9.17, 15) is 24.0 Å². The summed E-state index contributed by atoms with van der Waals surface area (Å²) in [5, 5.41) is 0. The smallest absolute Gasteiger partial charge is 0.307 e. The first-order chi connectivity index (χ1) is 16.3. The van der Waals surface area contributed by atoms with Gasteiger partial charge in [0.15, 0.2) is 12.2 Å². The molecule has 3 unspecified atom stereocenters. The number of hydrogen-bond donors (Lipinski definition) is 0. The number of rotatable bonds is 5. The second kappa shape index (κ2) is 8.71. The quantitative estimate of drug-likeness (QED) is 0.428. The minimum atomic E-state index is -1.50. The molecule has 8 heteroatoms. The fourth-order valence-corrected chi connectivity index (χ4v) is 7.60. The van der Waals surface area contributed by atoms with Gasteiger partial charge in [-0.3, -0.25) is 24.0 Å². The van der Waals surface area contributed by atoms with E-state index in [0.29, 0.717) is 37.9 Å². The van der Waals surface area contributed by atoms with Gasteiger partial charge in [0, 0.05) is 50.4 Å². The highest BCUT2D eigenvalue weighted by atomic mass is 16.6. The molecule has 4 rings (SSSR count). The van der Waals surface area contributed by atoms with Crippen molar-refractivity contribution >= 4 is 29.5 Å². The molecule has 0 saturated heterocycles. The Morgan fingerprint density at radius 3 is 2.37 bits per heavy atom. The maximum absolute atomic E-state index is 13.9. The van der Waals surface area contributed by atoms with Crippen LogP contribution in [0.5, 0.6) is 0 Å². The summed E-state index contributed by atoms with van der Waals surface area (Å²) in [4.78, 5) is 62.3. The summed E-state index contributed by atoms with van der Waals surface area (Å²) in [6.07, 6.45) is 7.00. The zero-order valence-corrected chi connectivity index (χ0v) is 21.1. The monoisotopic (exact) mass is 486 g/mol. The van der Waals surface area contributed by atoms with Crippen LogP contribution in [0, 0.1) is 28.6 Å². The summed E-state index contributed by atoms with van der Waals surface area (Å²) in [7, 11) is 0. The summed E-state index contributed by atoms with van der Waals surface area (Å²) >= 11 is 0. The third-order valence-electron chi connectivity index (χ3n) is 8.99. The molecular weight excluding hydrogens is 452 g/mol. The average molecular weight is 487 g/mol. The van der Waals surface area contributed by atoms with Gasteiger partial charge in [-0.25, -0.2) is 0 Å². The van der Waals surface area contributed by atoms with Gasteiger partial charge in [0.05, 0.1) is 0 Å². The molecule has 2 saturated carbocycles. The van der Waals surface area contributed by atoms with Gasteiger partial charge >= 0.3 is 17.9 Å². The van der Waals surface area contributed by atoms with Crippen molar-refractivity contribution in [3.8, 4) is 0 Å². The van der Waals surface area contributed by atoms with Gasteiger partial charge in [-0.15, -0.1) is 0 Å². The van der Waals surface area contributed by atoms with Crippen LogP contribution in [0.4, 0.5) is 0 Å². The molecule has 6 atom stereocenters. The van der Waals surface area contributed by atoms with Crippen LogP contribution in [0.1, 0.15) is 73.1 Å². The Kier molecular flexibility index (Phi) is 6.31. The van der Waals surface area contributed by atoms with E-state index in [-0.39, 0.29) is 41.3 Å². The molecule has 190 valence electrons. The fourth-order valence-electron chi connectivity index (χ4n) is 7.60. The minimum Gasteiger partial charge on any atom is -0.458 e. The van der Waals surface area contributed by atoms with E-state index >= 15 is 0 Å². The van der Waals surface area contributed by atoms with Crippen molar-refractivity contribution in [3.05, 3.63) is 23.5 Å². The Bertz CT molecular complexity index is 1050. The SMILES string of the molecule is CC(=O)OCC(=O)[C@@]1(OC(C)=O)CCC2C3CC=C4C=C(OC(C)=O)CC[C@]4(C)C3C(=O)C[C@@]21C. The Hall–Kier alpha value is -2.77. The molecule has 4 aliphatic carbocycles. The first-order valence-corrected chi connectivity index (χ1v) is 12.3. The lowest BCUT2D eigenvalue weighted by molar-refractivity contribution is -0.191. The summed E-state index contributed by atoms with van der Waals surface area (Å²) in [5.41, 5.74) is -1.75. The molecule has 0 heterocycles. The molecular formula is C27H34O8. The first-order valence-electron chi connectivity index (χ1n) is 12.3. The number of fused-ring (bicyclic) bond motifs is 5. The van der Waals surface area contributed by atoms with Crippen molar-refractivity contribution in [2.24, 2.45) is 28.6 Å². The maximum Gasteiger partial charge on any atom is 0.307 e. The van der Waals surface area contributed by atoms with Gasteiger partial charge in [0.2, 0.25) is 5.78 Å². The van der Waals surface area contributed by atoms with Crippen molar-refractivity contribution in [1.29, 1.82) is 0 Å². The lowest BCUT2D eigenvalue weighted by Crippen LogP contribution is -2.62. The van der Waals surface area contributed by atoms with E-state index in [4.69, 9.17) is 14.2 Å². The third kappa shape index (κ3) is 3.95. The van der Waals surface area contributed by atoms with E-state index in [0.717, 1.165) is 5.57 Å². The number of ketones is 2. The van der Waals surface area contributed by atoms with Crippen molar-refractivity contribution < 1.29 is 38.2 Å². The largest absolute Gasteiger partial charge is 0.458 e. The molecule has 0 radical (unpaired) electrons. The van der Waals surface area contributed by atoms with Gasteiger partial charge < -0.3 is 14.2 Å². The van der Waals surface area contributed by atoms with E-state index < -0.39 is 35.3 Å². The Labute approximate surface area is 205 Å². The number of carbonyl (C=O) groups excluding carboxylic acids is 5. The van der Waals surface area contributed by atoms with E-state index in [1.807, 2.05) is 13.0 Å². The van der Waals surface area contributed by atoms with Crippen LogP contribution in [0.3, 0.4) is 0 Å². The molecule has 0 aromatic carbocycles.